The molecular formula is C13H24N2O2. The SMILES string of the molecule is CC(C)(C)C1CCN(C(=O)C2CC(O)CN2)C1. The van der Waals surface area contributed by atoms with Gasteiger partial charge in [0.1, 0.15) is 0 Å². The molecule has 3 atom stereocenters. The van der Waals surface area contributed by atoms with Gasteiger partial charge in [0.15, 0.2) is 0 Å². The molecule has 0 spiro atoms. The monoisotopic (exact) mass is 240 g/mol. The van der Waals surface area contributed by atoms with Crippen LogP contribution in [-0.4, -0.2) is 47.7 Å². The fraction of sp³-hybridized carbons (Fsp3) is 0.923. The first kappa shape index (κ1) is 12.8. The Kier molecular flexibility index (Phi) is 3.46. The van der Waals surface area contributed by atoms with Crippen LogP contribution in [0.5, 0.6) is 0 Å². The number of β-amino-alcohol motifs (C(OH)–C–C–N with tert-alkyl or cyclic N) is 1. The third-order valence-corrected chi connectivity index (χ3v) is 4.13. The number of carbonyl (C=O) groups excluding carboxylic acids is 1. The topological polar surface area (TPSA) is 52.6 Å². The highest BCUT2D eigenvalue weighted by molar-refractivity contribution is 5.82. The molecule has 2 N–H and O–H groups in total. The van der Waals surface area contributed by atoms with Gasteiger partial charge < -0.3 is 15.3 Å². The number of aliphatic hydroxyl groups is 1. The fourth-order valence-electron chi connectivity index (χ4n) is 2.79. The summed E-state index contributed by atoms with van der Waals surface area (Å²) in [7, 11) is 0. The summed E-state index contributed by atoms with van der Waals surface area (Å²) in [6, 6.07) is -0.163. The Morgan fingerprint density at radius 1 is 1.41 bits per heavy atom. The van der Waals surface area contributed by atoms with Crippen molar-refractivity contribution in [2.45, 2.75) is 45.8 Å². The fourth-order valence-corrected chi connectivity index (χ4v) is 2.79. The van der Waals surface area contributed by atoms with Crippen molar-refractivity contribution in [3.63, 3.8) is 0 Å². The average molecular weight is 240 g/mol. The van der Waals surface area contributed by atoms with E-state index in [9.17, 15) is 9.90 Å². The standard InChI is InChI=1S/C13H24N2O2/c1-13(2,3)9-4-5-15(8-9)12(17)11-6-10(16)7-14-11/h9-11,14,16H,4-8H2,1-3H3. The van der Waals surface area contributed by atoms with Gasteiger partial charge in [0.2, 0.25) is 5.91 Å². The summed E-state index contributed by atoms with van der Waals surface area (Å²) in [6.07, 6.45) is 1.31. The normalized spacial score (nSPS) is 34.4. The third-order valence-electron chi connectivity index (χ3n) is 4.13. The van der Waals surface area contributed by atoms with Crippen LogP contribution in [0.15, 0.2) is 0 Å². The summed E-state index contributed by atoms with van der Waals surface area (Å²) in [6.45, 7) is 9.01. The Balaban J connectivity index is 1.90. The van der Waals surface area contributed by atoms with Crippen molar-refractivity contribution in [3.8, 4) is 0 Å². The highest BCUT2D eigenvalue weighted by atomic mass is 16.3. The van der Waals surface area contributed by atoms with Crippen molar-refractivity contribution in [2.24, 2.45) is 11.3 Å². The van der Waals surface area contributed by atoms with Gasteiger partial charge in [0, 0.05) is 19.6 Å². The second-order valence-corrected chi connectivity index (χ2v) is 6.49. The van der Waals surface area contributed by atoms with Gasteiger partial charge in [-0.1, -0.05) is 20.8 Å². The lowest BCUT2D eigenvalue weighted by Crippen LogP contribution is -2.43. The highest BCUT2D eigenvalue weighted by Crippen LogP contribution is 2.33. The number of amides is 1. The molecule has 3 unspecified atom stereocenters. The summed E-state index contributed by atoms with van der Waals surface area (Å²) in [5.74, 6) is 0.770. The maximum absolute atomic E-state index is 12.2. The van der Waals surface area contributed by atoms with Crippen LogP contribution in [0.25, 0.3) is 0 Å². The number of nitrogens with zero attached hydrogens (tertiary/aromatic N) is 1. The highest BCUT2D eigenvalue weighted by Gasteiger charge is 2.37. The van der Waals surface area contributed by atoms with Crippen molar-refractivity contribution >= 4 is 5.91 Å². The number of hydrogen-bond acceptors (Lipinski definition) is 3. The number of nitrogens with one attached hydrogen (secondary N) is 1. The minimum Gasteiger partial charge on any atom is -0.392 e. The van der Waals surface area contributed by atoms with Gasteiger partial charge in [-0.2, -0.15) is 0 Å². The van der Waals surface area contributed by atoms with E-state index >= 15 is 0 Å². The molecule has 0 aromatic heterocycles. The number of carbonyl (C=O) groups is 1. The Morgan fingerprint density at radius 3 is 2.59 bits per heavy atom. The zero-order chi connectivity index (χ0) is 12.6. The van der Waals surface area contributed by atoms with E-state index < -0.39 is 0 Å². The maximum atomic E-state index is 12.2. The molecule has 2 aliphatic rings. The average Bonchev–Trinajstić information content (AvgIpc) is 2.83. The molecule has 2 fully saturated rings. The first-order valence-electron chi connectivity index (χ1n) is 6.58. The Morgan fingerprint density at radius 2 is 2.12 bits per heavy atom. The van der Waals surface area contributed by atoms with Crippen LogP contribution in [0.3, 0.4) is 0 Å². The molecule has 2 rings (SSSR count). The molecule has 0 radical (unpaired) electrons. The number of likely N-dealkylation sites (tertiary alicyclic amines) is 1. The van der Waals surface area contributed by atoms with Gasteiger partial charge in [0.25, 0.3) is 0 Å². The number of rotatable bonds is 1. The van der Waals surface area contributed by atoms with E-state index in [4.69, 9.17) is 0 Å². The van der Waals surface area contributed by atoms with E-state index in [1.807, 2.05) is 4.90 Å². The van der Waals surface area contributed by atoms with E-state index in [1.165, 1.54) is 0 Å². The molecule has 2 aliphatic heterocycles. The van der Waals surface area contributed by atoms with E-state index in [1.54, 1.807) is 0 Å². The second kappa shape index (κ2) is 4.58. The smallest absolute Gasteiger partial charge is 0.239 e. The predicted molar refractivity (Wildman–Crippen MR) is 66.6 cm³/mol. The molecule has 0 aliphatic carbocycles. The van der Waals surface area contributed by atoms with Crippen LogP contribution < -0.4 is 5.32 Å². The van der Waals surface area contributed by atoms with Gasteiger partial charge in [-0.05, 0) is 24.2 Å². The first-order chi connectivity index (χ1) is 7.88. The maximum Gasteiger partial charge on any atom is 0.239 e. The molecule has 2 saturated heterocycles. The lowest BCUT2D eigenvalue weighted by atomic mass is 9.80. The summed E-state index contributed by atoms with van der Waals surface area (Å²) < 4.78 is 0. The van der Waals surface area contributed by atoms with E-state index in [0.717, 1.165) is 19.5 Å². The Bertz CT molecular complexity index is 298. The Labute approximate surface area is 103 Å². The molecule has 4 nitrogen and oxygen atoms in total. The van der Waals surface area contributed by atoms with Crippen LogP contribution in [0.1, 0.15) is 33.6 Å². The van der Waals surface area contributed by atoms with Crippen molar-refractivity contribution < 1.29 is 9.90 Å². The van der Waals surface area contributed by atoms with Gasteiger partial charge in [-0.25, -0.2) is 0 Å². The molecule has 0 bridgehead atoms. The van der Waals surface area contributed by atoms with Gasteiger partial charge in [0.05, 0.1) is 12.1 Å². The molecule has 4 heteroatoms. The molecule has 98 valence electrons. The minimum atomic E-state index is -0.357. The largest absolute Gasteiger partial charge is 0.392 e. The number of hydrogen-bond donors (Lipinski definition) is 2. The lowest BCUT2D eigenvalue weighted by molar-refractivity contribution is -0.132. The minimum absolute atomic E-state index is 0.163. The van der Waals surface area contributed by atoms with Crippen LogP contribution in [0, 0.1) is 11.3 Å². The van der Waals surface area contributed by atoms with Gasteiger partial charge in [-0.15, -0.1) is 0 Å². The van der Waals surface area contributed by atoms with Crippen LogP contribution >= 0.6 is 0 Å². The molecule has 0 aromatic carbocycles. The van der Waals surface area contributed by atoms with Crippen LogP contribution in [-0.2, 0) is 4.79 Å². The summed E-state index contributed by atoms with van der Waals surface area (Å²) in [5, 5.41) is 12.5. The molecule has 2 heterocycles. The quantitative estimate of drug-likeness (QED) is 0.706. The van der Waals surface area contributed by atoms with Crippen LogP contribution in [0.2, 0.25) is 0 Å². The summed E-state index contributed by atoms with van der Waals surface area (Å²) >= 11 is 0. The van der Waals surface area contributed by atoms with Crippen LogP contribution in [0.4, 0.5) is 0 Å². The molecular weight excluding hydrogens is 216 g/mol. The van der Waals surface area contributed by atoms with Crippen molar-refractivity contribution in [2.75, 3.05) is 19.6 Å². The predicted octanol–water partition coefficient (Wildman–Crippen LogP) is 0.604. The van der Waals surface area contributed by atoms with Gasteiger partial charge in [-0.3, -0.25) is 4.79 Å². The number of aliphatic hydroxyl groups excluding tert-OH is 1. The van der Waals surface area contributed by atoms with E-state index in [-0.39, 0.29) is 23.5 Å². The molecule has 0 aromatic rings. The summed E-state index contributed by atoms with van der Waals surface area (Å²) in [4.78, 5) is 14.2. The third kappa shape index (κ3) is 2.80. The lowest BCUT2D eigenvalue weighted by Gasteiger charge is -2.27. The molecule has 17 heavy (non-hydrogen) atoms. The molecule has 0 saturated carbocycles. The van der Waals surface area contributed by atoms with Crippen molar-refractivity contribution in [1.29, 1.82) is 0 Å². The summed E-state index contributed by atoms with van der Waals surface area (Å²) in [5.41, 5.74) is 0.275. The van der Waals surface area contributed by atoms with E-state index in [2.05, 4.69) is 26.1 Å². The molecule has 1 amide bonds. The second-order valence-electron chi connectivity index (χ2n) is 6.49. The van der Waals surface area contributed by atoms with Gasteiger partial charge >= 0.3 is 0 Å². The zero-order valence-electron chi connectivity index (χ0n) is 11.1. The van der Waals surface area contributed by atoms with Crippen molar-refractivity contribution in [3.05, 3.63) is 0 Å². The van der Waals surface area contributed by atoms with E-state index in [0.29, 0.717) is 18.9 Å². The van der Waals surface area contributed by atoms with Crippen molar-refractivity contribution in [1.82, 2.24) is 10.2 Å². The zero-order valence-corrected chi connectivity index (χ0v) is 11.1. The Hall–Kier alpha value is -0.610. The first-order valence-corrected chi connectivity index (χ1v) is 6.58.